The summed E-state index contributed by atoms with van der Waals surface area (Å²) in [6.07, 6.45) is 3.98. The second-order valence-corrected chi connectivity index (χ2v) is 5.44. The molecule has 1 aliphatic carbocycles. The summed E-state index contributed by atoms with van der Waals surface area (Å²) >= 11 is 0. The molecule has 20 heavy (non-hydrogen) atoms. The number of hydrogen-bond donors (Lipinski definition) is 2. The second-order valence-electron chi connectivity index (χ2n) is 5.44. The van der Waals surface area contributed by atoms with Gasteiger partial charge in [0, 0.05) is 13.1 Å². The molecule has 0 heterocycles. The normalized spacial score (nSPS) is 15.2. The smallest absolute Gasteiger partial charge is 0.191 e. The van der Waals surface area contributed by atoms with Crippen molar-refractivity contribution in [3.63, 3.8) is 0 Å². The lowest BCUT2D eigenvalue weighted by Crippen LogP contribution is -2.37. The molecule has 2 rings (SSSR count). The van der Waals surface area contributed by atoms with Gasteiger partial charge in [-0.1, -0.05) is 25.0 Å². The Hall–Kier alpha value is -1.58. The van der Waals surface area contributed by atoms with Crippen LogP contribution >= 0.6 is 0 Å². The number of aliphatic imine (C=N–C) groups is 1. The average molecular weight is 277 g/mol. The Labute approximate surface area is 120 Å². The van der Waals surface area contributed by atoms with Crippen molar-refractivity contribution in [1.82, 2.24) is 10.6 Å². The number of aryl methyl sites for hydroxylation is 1. The highest BCUT2D eigenvalue weighted by atomic mass is 19.1. The second kappa shape index (κ2) is 7.27. The van der Waals surface area contributed by atoms with Gasteiger partial charge in [0.05, 0.1) is 6.54 Å². The van der Waals surface area contributed by atoms with E-state index in [0.717, 1.165) is 30.5 Å². The van der Waals surface area contributed by atoms with Crippen LogP contribution < -0.4 is 10.6 Å². The molecule has 1 aromatic rings. The van der Waals surface area contributed by atoms with Gasteiger partial charge in [0.25, 0.3) is 0 Å². The Bertz CT molecular complexity index is 467. The highest BCUT2D eigenvalue weighted by molar-refractivity contribution is 5.79. The molecule has 0 aliphatic heterocycles. The fourth-order valence-corrected chi connectivity index (χ4v) is 2.12. The fraction of sp³-hybridized carbons (Fsp3) is 0.562. The van der Waals surface area contributed by atoms with Crippen molar-refractivity contribution in [2.45, 2.75) is 39.7 Å². The SMILES string of the molecule is CCNC(=NCc1ccc(F)c(C)c1)NCCC1CC1. The predicted octanol–water partition coefficient (Wildman–Crippen LogP) is 2.99. The zero-order chi connectivity index (χ0) is 14.4. The monoisotopic (exact) mass is 277 g/mol. The Kier molecular flexibility index (Phi) is 5.39. The third-order valence-electron chi connectivity index (χ3n) is 3.53. The molecule has 1 saturated carbocycles. The molecule has 1 aromatic carbocycles. The van der Waals surface area contributed by atoms with Crippen LogP contribution in [0.25, 0.3) is 0 Å². The number of halogens is 1. The van der Waals surface area contributed by atoms with E-state index in [0.29, 0.717) is 12.1 Å². The third kappa shape index (κ3) is 4.83. The van der Waals surface area contributed by atoms with Gasteiger partial charge < -0.3 is 10.6 Å². The van der Waals surface area contributed by atoms with Crippen molar-refractivity contribution in [2.24, 2.45) is 10.9 Å². The topological polar surface area (TPSA) is 36.4 Å². The Morgan fingerprint density at radius 2 is 2.15 bits per heavy atom. The molecule has 3 nitrogen and oxygen atoms in total. The average Bonchev–Trinajstić information content (AvgIpc) is 3.24. The van der Waals surface area contributed by atoms with Crippen LogP contribution in [0.4, 0.5) is 4.39 Å². The first-order valence-electron chi connectivity index (χ1n) is 7.46. The van der Waals surface area contributed by atoms with Crippen LogP contribution in [-0.2, 0) is 6.54 Å². The lowest BCUT2D eigenvalue weighted by atomic mass is 10.1. The summed E-state index contributed by atoms with van der Waals surface area (Å²) in [7, 11) is 0. The third-order valence-corrected chi connectivity index (χ3v) is 3.53. The Morgan fingerprint density at radius 1 is 1.35 bits per heavy atom. The summed E-state index contributed by atoms with van der Waals surface area (Å²) in [4.78, 5) is 4.54. The molecule has 0 amide bonds. The van der Waals surface area contributed by atoms with Crippen molar-refractivity contribution in [2.75, 3.05) is 13.1 Å². The van der Waals surface area contributed by atoms with E-state index in [1.165, 1.54) is 25.3 Å². The first kappa shape index (κ1) is 14.8. The number of rotatable bonds is 6. The van der Waals surface area contributed by atoms with Gasteiger partial charge in [-0.05, 0) is 43.4 Å². The van der Waals surface area contributed by atoms with E-state index in [4.69, 9.17) is 0 Å². The summed E-state index contributed by atoms with van der Waals surface area (Å²) in [6, 6.07) is 5.15. The molecule has 2 N–H and O–H groups in total. The van der Waals surface area contributed by atoms with E-state index in [2.05, 4.69) is 22.5 Å². The van der Waals surface area contributed by atoms with Crippen LogP contribution in [0.2, 0.25) is 0 Å². The molecule has 0 spiro atoms. The molecule has 110 valence electrons. The summed E-state index contributed by atoms with van der Waals surface area (Å²) in [5.74, 6) is 1.60. The minimum atomic E-state index is -0.160. The van der Waals surface area contributed by atoms with E-state index < -0.39 is 0 Å². The number of nitrogens with zero attached hydrogens (tertiary/aromatic N) is 1. The molecule has 0 atom stereocenters. The van der Waals surface area contributed by atoms with E-state index in [9.17, 15) is 4.39 Å². The summed E-state index contributed by atoms with van der Waals surface area (Å²) < 4.78 is 13.2. The van der Waals surface area contributed by atoms with Crippen LogP contribution in [-0.4, -0.2) is 19.0 Å². The number of nitrogens with one attached hydrogen (secondary N) is 2. The standard InChI is InChI=1S/C16H24FN3/c1-3-18-16(19-9-8-13-4-5-13)20-11-14-6-7-15(17)12(2)10-14/h6-7,10,13H,3-5,8-9,11H2,1-2H3,(H2,18,19,20). The largest absolute Gasteiger partial charge is 0.357 e. The molecule has 0 aromatic heterocycles. The van der Waals surface area contributed by atoms with Crippen LogP contribution in [0.5, 0.6) is 0 Å². The summed E-state index contributed by atoms with van der Waals surface area (Å²) in [6.45, 7) is 6.22. The predicted molar refractivity (Wildman–Crippen MR) is 81.3 cm³/mol. The number of benzene rings is 1. The van der Waals surface area contributed by atoms with Gasteiger partial charge in [0.1, 0.15) is 5.82 Å². The maximum absolute atomic E-state index is 13.2. The Balaban J connectivity index is 1.87. The van der Waals surface area contributed by atoms with Crippen molar-refractivity contribution in [1.29, 1.82) is 0 Å². The molecular weight excluding hydrogens is 253 g/mol. The molecule has 4 heteroatoms. The van der Waals surface area contributed by atoms with Crippen LogP contribution in [0.3, 0.4) is 0 Å². The van der Waals surface area contributed by atoms with Gasteiger partial charge in [-0.3, -0.25) is 0 Å². The summed E-state index contributed by atoms with van der Waals surface area (Å²) in [5, 5.41) is 6.59. The van der Waals surface area contributed by atoms with E-state index in [1.807, 2.05) is 6.07 Å². The van der Waals surface area contributed by atoms with Crippen molar-refractivity contribution < 1.29 is 4.39 Å². The van der Waals surface area contributed by atoms with E-state index in [-0.39, 0.29) is 5.82 Å². The highest BCUT2D eigenvalue weighted by Gasteiger charge is 2.20. The summed E-state index contributed by atoms with van der Waals surface area (Å²) in [5.41, 5.74) is 1.70. The molecule has 0 unspecified atom stereocenters. The van der Waals surface area contributed by atoms with Gasteiger partial charge in [-0.2, -0.15) is 0 Å². The van der Waals surface area contributed by atoms with Gasteiger partial charge in [0.15, 0.2) is 5.96 Å². The molecule has 0 bridgehead atoms. The Morgan fingerprint density at radius 3 is 2.80 bits per heavy atom. The quantitative estimate of drug-likeness (QED) is 0.619. The number of guanidine groups is 1. The zero-order valence-corrected chi connectivity index (χ0v) is 12.4. The molecule has 1 fully saturated rings. The highest BCUT2D eigenvalue weighted by Crippen LogP contribution is 2.31. The maximum atomic E-state index is 13.2. The zero-order valence-electron chi connectivity index (χ0n) is 12.4. The van der Waals surface area contributed by atoms with Gasteiger partial charge in [-0.25, -0.2) is 9.38 Å². The first-order chi connectivity index (χ1) is 9.69. The van der Waals surface area contributed by atoms with Crippen molar-refractivity contribution >= 4 is 5.96 Å². The number of hydrogen-bond acceptors (Lipinski definition) is 1. The van der Waals surface area contributed by atoms with Gasteiger partial charge in [0.2, 0.25) is 0 Å². The first-order valence-corrected chi connectivity index (χ1v) is 7.46. The molecule has 0 radical (unpaired) electrons. The maximum Gasteiger partial charge on any atom is 0.191 e. The van der Waals surface area contributed by atoms with Gasteiger partial charge in [-0.15, -0.1) is 0 Å². The lowest BCUT2D eigenvalue weighted by Gasteiger charge is -2.11. The minimum absolute atomic E-state index is 0.160. The van der Waals surface area contributed by atoms with E-state index >= 15 is 0 Å². The van der Waals surface area contributed by atoms with Crippen LogP contribution in [0.1, 0.15) is 37.3 Å². The van der Waals surface area contributed by atoms with Crippen molar-refractivity contribution in [3.05, 3.63) is 35.1 Å². The van der Waals surface area contributed by atoms with Crippen LogP contribution in [0.15, 0.2) is 23.2 Å². The molecular formula is C16H24FN3. The molecule has 1 aliphatic rings. The molecule has 0 saturated heterocycles. The lowest BCUT2D eigenvalue weighted by molar-refractivity contribution is 0.617. The minimum Gasteiger partial charge on any atom is -0.357 e. The van der Waals surface area contributed by atoms with Crippen LogP contribution in [0, 0.1) is 18.7 Å². The fourth-order valence-electron chi connectivity index (χ4n) is 2.12. The van der Waals surface area contributed by atoms with Crippen molar-refractivity contribution in [3.8, 4) is 0 Å². The van der Waals surface area contributed by atoms with E-state index in [1.54, 1.807) is 13.0 Å². The van der Waals surface area contributed by atoms with Gasteiger partial charge >= 0.3 is 0 Å².